The quantitative estimate of drug-likeness (QED) is 0.286. The van der Waals surface area contributed by atoms with Crippen LogP contribution in [0, 0.1) is 22.7 Å². The summed E-state index contributed by atoms with van der Waals surface area (Å²) in [5.74, 6) is 0.706. The number of aromatic nitrogens is 3. The molecule has 3 N–H and O–H groups in total. The second-order valence-corrected chi connectivity index (χ2v) is 9.68. The Labute approximate surface area is 208 Å². The third-order valence-corrected chi connectivity index (χ3v) is 7.42. The van der Waals surface area contributed by atoms with Crippen molar-refractivity contribution >= 4 is 40.3 Å². The second kappa shape index (κ2) is 11.2. The monoisotopic (exact) mass is 506 g/mol. The SMILES string of the molecule is N#Cc1c(NC[C@H](O)CO)nc(SCc2csc(-c3ccccc3)n2)c(C#N)c1-c1nccs1. The van der Waals surface area contributed by atoms with E-state index in [9.17, 15) is 15.6 Å². The van der Waals surface area contributed by atoms with Gasteiger partial charge in [0.2, 0.25) is 0 Å². The summed E-state index contributed by atoms with van der Waals surface area (Å²) >= 11 is 4.21. The lowest BCUT2D eigenvalue weighted by Gasteiger charge is -2.15. The molecule has 3 heterocycles. The molecule has 0 spiro atoms. The molecule has 4 rings (SSSR count). The molecule has 0 aliphatic rings. The van der Waals surface area contributed by atoms with Crippen molar-refractivity contribution in [3.05, 3.63) is 64.1 Å². The van der Waals surface area contributed by atoms with Crippen LogP contribution in [0.3, 0.4) is 0 Å². The molecular formula is C23H18N6O2S3. The minimum Gasteiger partial charge on any atom is -0.394 e. The van der Waals surface area contributed by atoms with E-state index < -0.39 is 12.7 Å². The van der Waals surface area contributed by atoms with Gasteiger partial charge in [-0.3, -0.25) is 0 Å². The van der Waals surface area contributed by atoms with E-state index in [4.69, 9.17) is 10.1 Å². The van der Waals surface area contributed by atoms with Crippen LogP contribution < -0.4 is 5.32 Å². The summed E-state index contributed by atoms with van der Waals surface area (Å²) in [5, 5.41) is 47.3. The first kappa shape index (κ1) is 23.8. The number of nitriles is 2. The number of anilines is 1. The Morgan fingerprint density at radius 1 is 1.06 bits per heavy atom. The van der Waals surface area contributed by atoms with E-state index in [1.165, 1.54) is 23.1 Å². The van der Waals surface area contributed by atoms with Crippen molar-refractivity contribution in [1.29, 1.82) is 10.5 Å². The Morgan fingerprint density at radius 3 is 2.53 bits per heavy atom. The number of hydrogen-bond donors (Lipinski definition) is 3. The van der Waals surface area contributed by atoms with Crippen LogP contribution in [-0.2, 0) is 5.75 Å². The lowest BCUT2D eigenvalue weighted by Crippen LogP contribution is -2.24. The molecule has 170 valence electrons. The Hall–Kier alpha value is -3.32. The topological polar surface area (TPSA) is 139 Å². The normalized spacial score (nSPS) is 11.5. The number of nitrogens with one attached hydrogen (secondary N) is 1. The standard InChI is InChI=1S/C23H18N6O2S3/c24-8-17-19(23-26-6-7-32-23)18(9-25)22(29-20(17)27-10-16(31)11-30)34-13-15-12-33-21(28-15)14-4-2-1-3-5-14/h1-7,12,16,30-31H,10-11,13H2,(H,27,29)/t16-/m0/s1. The van der Waals surface area contributed by atoms with E-state index in [0.29, 0.717) is 21.3 Å². The van der Waals surface area contributed by atoms with Crippen LogP contribution in [0.5, 0.6) is 0 Å². The predicted octanol–water partition coefficient (Wildman–Crippen LogP) is 4.13. The highest BCUT2D eigenvalue weighted by Crippen LogP contribution is 2.38. The molecule has 8 nitrogen and oxygen atoms in total. The van der Waals surface area contributed by atoms with Gasteiger partial charge in [-0.15, -0.1) is 22.7 Å². The van der Waals surface area contributed by atoms with E-state index in [2.05, 4.69) is 27.4 Å². The van der Waals surface area contributed by atoms with Gasteiger partial charge in [0, 0.05) is 34.8 Å². The summed E-state index contributed by atoms with van der Waals surface area (Å²) < 4.78 is 0. The minimum atomic E-state index is -1.02. The highest BCUT2D eigenvalue weighted by atomic mass is 32.2. The van der Waals surface area contributed by atoms with E-state index in [-0.39, 0.29) is 23.5 Å². The average molecular weight is 507 g/mol. The molecule has 1 atom stereocenters. The van der Waals surface area contributed by atoms with Gasteiger partial charge >= 0.3 is 0 Å². The number of thioether (sulfide) groups is 1. The molecule has 4 aromatic rings. The molecule has 0 fully saturated rings. The van der Waals surface area contributed by atoms with Gasteiger partial charge in [0.1, 0.15) is 38.6 Å². The van der Waals surface area contributed by atoms with Crippen LogP contribution in [0.2, 0.25) is 0 Å². The van der Waals surface area contributed by atoms with Crippen LogP contribution >= 0.6 is 34.4 Å². The zero-order valence-corrected chi connectivity index (χ0v) is 20.1. The molecule has 0 unspecified atom stereocenters. The molecule has 0 saturated carbocycles. The summed E-state index contributed by atoms with van der Waals surface area (Å²) in [6.07, 6.45) is 0.591. The Kier molecular flexibility index (Phi) is 7.85. The maximum atomic E-state index is 9.97. The second-order valence-electron chi connectivity index (χ2n) is 6.97. The first-order valence-electron chi connectivity index (χ1n) is 10.1. The summed E-state index contributed by atoms with van der Waals surface area (Å²) in [4.78, 5) is 13.5. The maximum absolute atomic E-state index is 9.97. The van der Waals surface area contributed by atoms with Gasteiger partial charge in [0.15, 0.2) is 0 Å². The van der Waals surface area contributed by atoms with Crippen LogP contribution in [0.4, 0.5) is 5.82 Å². The maximum Gasteiger partial charge on any atom is 0.146 e. The third kappa shape index (κ3) is 5.25. The molecule has 34 heavy (non-hydrogen) atoms. The molecule has 0 amide bonds. The predicted molar refractivity (Wildman–Crippen MR) is 133 cm³/mol. The summed E-state index contributed by atoms with van der Waals surface area (Å²) in [6, 6.07) is 14.2. The van der Waals surface area contributed by atoms with Crippen LogP contribution in [0.15, 0.2) is 52.3 Å². The molecular weight excluding hydrogens is 488 g/mol. The third-order valence-electron chi connectivity index (χ3n) is 4.68. The highest BCUT2D eigenvalue weighted by Gasteiger charge is 2.24. The molecule has 0 aliphatic carbocycles. The van der Waals surface area contributed by atoms with E-state index in [1.54, 1.807) is 22.9 Å². The molecule has 0 aliphatic heterocycles. The van der Waals surface area contributed by atoms with Crippen LogP contribution in [-0.4, -0.2) is 44.4 Å². The number of aliphatic hydroxyl groups excluding tert-OH is 2. The van der Waals surface area contributed by atoms with Gasteiger partial charge in [-0.05, 0) is 0 Å². The van der Waals surface area contributed by atoms with Crippen molar-refractivity contribution < 1.29 is 10.2 Å². The fourth-order valence-corrected chi connectivity index (χ4v) is 5.58. The summed E-state index contributed by atoms with van der Waals surface area (Å²) in [7, 11) is 0. The van der Waals surface area contributed by atoms with Gasteiger partial charge < -0.3 is 15.5 Å². The largest absolute Gasteiger partial charge is 0.394 e. The van der Waals surface area contributed by atoms with Crippen LogP contribution in [0.25, 0.3) is 21.1 Å². The molecule has 0 bridgehead atoms. The molecule has 0 radical (unpaired) electrons. The van der Waals surface area contributed by atoms with E-state index in [1.807, 2.05) is 35.7 Å². The number of thiazole rings is 2. The minimum absolute atomic E-state index is 0.00197. The number of pyridine rings is 1. The van der Waals surface area contributed by atoms with E-state index in [0.717, 1.165) is 16.3 Å². The molecule has 0 saturated heterocycles. The van der Waals surface area contributed by atoms with Crippen molar-refractivity contribution in [2.45, 2.75) is 16.9 Å². The highest BCUT2D eigenvalue weighted by molar-refractivity contribution is 7.98. The zero-order valence-electron chi connectivity index (χ0n) is 17.7. The van der Waals surface area contributed by atoms with Crippen molar-refractivity contribution in [3.63, 3.8) is 0 Å². The number of hydrogen-bond acceptors (Lipinski definition) is 11. The van der Waals surface area contributed by atoms with Crippen molar-refractivity contribution in [2.75, 3.05) is 18.5 Å². The Balaban J connectivity index is 1.69. The number of nitrogens with zero attached hydrogens (tertiary/aromatic N) is 5. The summed E-state index contributed by atoms with van der Waals surface area (Å²) in [6.45, 7) is -0.433. The van der Waals surface area contributed by atoms with Gasteiger partial charge in [-0.2, -0.15) is 10.5 Å². The Morgan fingerprint density at radius 2 is 1.85 bits per heavy atom. The smallest absolute Gasteiger partial charge is 0.146 e. The first-order chi connectivity index (χ1) is 16.6. The van der Waals surface area contributed by atoms with Gasteiger partial charge in [-0.25, -0.2) is 15.0 Å². The van der Waals surface area contributed by atoms with E-state index >= 15 is 0 Å². The lowest BCUT2D eigenvalue weighted by molar-refractivity contribution is 0.105. The van der Waals surface area contributed by atoms with Crippen LogP contribution in [0.1, 0.15) is 16.8 Å². The van der Waals surface area contributed by atoms with Crippen molar-refractivity contribution in [3.8, 4) is 33.3 Å². The first-order valence-corrected chi connectivity index (χ1v) is 12.8. The lowest BCUT2D eigenvalue weighted by atomic mass is 10.1. The van der Waals surface area contributed by atoms with Gasteiger partial charge in [0.25, 0.3) is 0 Å². The van der Waals surface area contributed by atoms with Gasteiger partial charge in [0.05, 0.1) is 29.5 Å². The van der Waals surface area contributed by atoms with Gasteiger partial charge in [-0.1, -0.05) is 42.1 Å². The number of benzene rings is 1. The summed E-state index contributed by atoms with van der Waals surface area (Å²) in [5.41, 5.74) is 2.73. The molecule has 3 aromatic heterocycles. The Bertz CT molecular complexity index is 1340. The van der Waals surface area contributed by atoms with Crippen molar-refractivity contribution in [1.82, 2.24) is 15.0 Å². The van der Waals surface area contributed by atoms with Crippen molar-refractivity contribution in [2.24, 2.45) is 0 Å². The number of aliphatic hydroxyl groups is 2. The molecule has 1 aromatic carbocycles. The average Bonchev–Trinajstić information content (AvgIpc) is 3.58. The fraction of sp³-hybridized carbons (Fsp3) is 0.174. The fourth-order valence-electron chi connectivity index (χ4n) is 3.08. The molecule has 11 heteroatoms. The number of rotatable bonds is 9. The zero-order chi connectivity index (χ0) is 23.9.